The van der Waals surface area contributed by atoms with Gasteiger partial charge in [0.15, 0.2) is 0 Å². The highest BCUT2D eigenvalue weighted by atomic mass is 19.1. The fraction of sp³-hybridized carbons (Fsp3) is 0.250. The molecule has 2 aromatic carbocycles. The zero-order valence-corrected chi connectivity index (χ0v) is 11.5. The summed E-state index contributed by atoms with van der Waals surface area (Å²) < 4.78 is 31.6. The van der Waals surface area contributed by atoms with E-state index in [-0.39, 0.29) is 6.04 Å². The molecule has 20 heavy (non-hydrogen) atoms. The van der Waals surface area contributed by atoms with Gasteiger partial charge in [-0.2, -0.15) is 0 Å². The molecule has 106 valence electrons. The van der Waals surface area contributed by atoms with E-state index in [4.69, 9.17) is 10.5 Å². The smallest absolute Gasteiger partial charge is 0.126 e. The van der Waals surface area contributed by atoms with Crippen molar-refractivity contribution in [1.29, 1.82) is 0 Å². The van der Waals surface area contributed by atoms with Crippen molar-refractivity contribution >= 4 is 0 Å². The van der Waals surface area contributed by atoms with E-state index in [2.05, 4.69) is 0 Å². The molecule has 0 bridgehead atoms. The molecular weight excluding hydrogens is 260 g/mol. The molecule has 0 aliphatic rings. The average Bonchev–Trinajstić information content (AvgIpc) is 2.37. The number of ether oxygens (including phenoxy) is 1. The van der Waals surface area contributed by atoms with Crippen molar-refractivity contribution < 1.29 is 13.5 Å². The van der Waals surface area contributed by atoms with Gasteiger partial charge >= 0.3 is 0 Å². The SMILES string of the molecule is COc1cc(C(N)Cc2cc(F)cc(F)c2)ccc1C. The van der Waals surface area contributed by atoms with Gasteiger partial charge in [0.1, 0.15) is 17.4 Å². The van der Waals surface area contributed by atoms with E-state index in [1.54, 1.807) is 7.11 Å². The molecule has 2 N–H and O–H groups in total. The van der Waals surface area contributed by atoms with Gasteiger partial charge in [0.2, 0.25) is 0 Å². The molecule has 1 unspecified atom stereocenters. The van der Waals surface area contributed by atoms with Crippen LogP contribution in [-0.2, 0) is 6.42 Å². The van der Waals surface area contributed by atoms with Crippen molar-refractivity contribution in [1.82, 2.24) is 0 Å². The van der Waals surface area contributed by atoms with Crippen LogP contribution in [0.25, 0.3) is 0 Å². The van der Waals surface area contributed by atoms with Gasteiger partial charge in [-0.1, -0.05) is 12.1 Å². The number of halogens is 2. The summed E-state index contributed by atoms with van der Waals surface area (Å²) in [7, 11) is 1.60. The van der Waals surface area contributed by atoms with Gasteiger partial charge in [0.25, 0.3) is 0 Å². The van der Waals surface area contributed by atoms with Crippen molar-refractivity contribution in [3.63, 3.8) is 0 Å². The molecule has 2 nitrogen and oxygen atoms in total. The van der Waals surface area contributed by atoms with Crippen LogP contribution >= 0.6 is 0 Å². The summed E-state index contributed by atoms with van der Waals surface area (Å²) in [6, 6.07) is 8.78. The average molecular weight is 277 g/mol. The molecule has 0 aliphatic carbocycles. The summed E-state index contributed by atoms with van der Waals surface area (Å²) in [6.07, 6.45) is 0.362. The molecule has 0 heterocycles. The number of rotatable bonds is 4. The highest BCUT2D eigenvalue weighted by Gasteiger charge is 2.11. The molecule has 2 aromatic rings. The highest BCUT2D eigenvalue weighted by molar-refractivity contribution is 5.38. The van der Waals surface area contributed by atoms with Crippen molar-refractivity contribution in [3.05, 3.63) is 64.7 Å². The molecule has 0 aliphatic heterocycles. The summed E-state index contributed by atoms with van der Waals surface area (Å²) in [5.74, 6) is -0.425. The second kappa shape index (κ2) is 6.01. The Balaban J connectivity index is 2.21. The Bertz CT molecular complexity index is 593. The Hall–Kier alpha value is -1.94. The molecule has 2 rings (SSSR count). The third-order valence-corrected chi connectivity index (χ3v) is 3.24. The topological polar surface area (TPSA) is 35.2 Å². The van der Waals surface area contributed by atoms with Crippen LogP contribution in [0.3, 0.4) is 0 Å². The van der Waals surface area contributed by atoms with Crippen LogP contribution in [0.2, 0.25) is 0 Å². The lowest BCUT2D eigenvalue weighted by Crippen LogP contribution is -2.14. The molecule has 4 heteroatoms. The summed E-state index contributed by atoms with van der Waals surface area (Å²) in [4.78, 5) is 0. The van der Waals surface area contributed by atoms with E-state index in [1.165, 1.54) is 12.1 Å². The van der Waals surface area contributed by atoms with Crippen LogP contribution < -0.4 is 10.5 Å². The predicted octanol–water partition coefficient (Wildman–Crippen LogP) is 3.52. The van der Waals surface area contributed by atoms with Crippen molar-refractivity contribution in [2.75, 3.05) is 7.11 Å². The monoisotopic (exact) mass is 277 g/mol. The van der Waals surface area contributed by atoms with Crippen molar-refractivity contribution in [3.8, 4) is 5.75 Å². The molecule has 0 aromatic heterocycles. The number of hydrogen-bond donors (Lipinski definition) is 1. The Morgan fingerprint density at radius 3 is 2.35 bits per heavy atom. The molecule has 0 spiro atoms. The lowest BCUT2D eigenvalue weighted by atomic mass is 9.98. The third kappa shape index (κ3) is 3.33. The lowest BCUT2D eigenvalue weighted by molar-refractivity contribution is 0.410. The zero-order valence-electron chi connectivity index (χ0n) is 11.5. The van der Waals surface area contributed by atoms with E-state index < -0.39 is 11.6 Å². The molecule has 0 radical (unpaired) electrons. The molecule has 0 fully saturated rings. The third-order valence-electron chi connectivity index (χ3n) is 3.24. The van der Waals surface area contributed by atoms with E-state index in [9.17, 15) is 8.78 Å². The number of benzene rings is 2. The van der Waals surface area contributed by atoms with Gasteiger partial charge in [-0.05, 0) is 48.2 Å². The fourth-order valence-electron chi connectivity index (χ4n) is 2.17. The number of nitrogens with two attached hydrogens (primary N) is 1. The first kappa shape index (κ1) is 14.5. The minimum atomic E-state index is -0.589. The first-order valence-electron chi connectivity index (χ1n) is 6.34. The minimum absolute atomic E-state index is 0.342. The van der Waals surface area contributed by atoms with Crippen LogP contribution in [-0.4, -0.2) is 7.11 Å². The maximum atomic E-state index is 13.2. The van der Waals surface area contributed by atoms with Gasteiger partial charge in [-0.25, -0.2) is 8.78 Å². The highest BCUT2D eigenvalue weighted by Crippen LogP contribution is 2.24. The van der Waals surface area contributed by atoms with Crippen LogP contribution in [0, 0.1) is 18.6 Å². The van der Waals surface area contributed by atoms with E-state index >= 15 is 0 Å². The number of hydrogen-bond acceptors (Lipinski definition) is 2. The van der Waals surface area contributed by atoms with Gasteiger partial charge < -0.3 is 10.5 Å². The quantitative estimate of drug-likeness (QED) is 0.928. The Labute approximate surface area is 117 Å². The molecule has 0 saturated heterocycles. The normalized spacial score (nSPS) is 12.2. The maximum absolute atomic E-state index is 13.2. The summed E-state index contributed by atoms with van der Waals surface area (Å²) in [6.45, 7) is 1.94. The van der Waals surface area contributed by atoms with Gasteiger partial charge in [-0.15, -0.1) is 0 Å². The van der Waals surface area contributed by atoms with Gasteiger partial charge in [0.05, 0.1) is 7.11 Å². The number of aryl methyl sites for hydroxylation is 1. The van der Waals surface area contributed by atoms with Crippen molar-refractivity contribution in [2.24, 2.45) is 5.73 Å². The second-order valence-electron chi connectivity index (χ2n) is 4.82. The van der Waals surface area contributed by atoms with Gasteiger partial charge in [-0.3, -0.25) is 0 Å². The van der Waals surface area contributed by atoms with E-state index in [0.29, 0.717) is 12.0 Å². The molecule has 0 amide bonds. The van der Waals surface area contributed by atoms with E-state index in [0.717, 1.165) is 22.9 Å². The molecular formula is C16H17F2NO. The predicted molar refractivity (Wildman–Crippen MR) is 74.7 cm³/mol. The Morgan fingerprint density at radius 1 is 1.10 bits per heavy atom. The fourth-order valence-corrected chi connectivity index (χ4v) is 2.17. The Morgan fingerprint density at radius 2 is 1.75 bits per heavy atom. The summed E-state index contributed by atoms with van der Waals surface area (Å²) >= 11 is 0. The first-order chi connectivity index (χ1) is 9.49. The van der Waals surface area contributed by atoms with Gasteiger partial charge in [0, 0.05) is 12.1 Å². The zero-order chi connectivity index (χ0) is 14.7. The minimum Gasteiger partial charge on any atom is -0.496 e. The second-order valence-corrected chi connectivity index (χ2v) is 4.82. The summed E-state index contributed by atoms with van der Waals surface area (Å²) in [5.41, 5.74) is 8.52. The lowest BCUT2D eigenvalue weighted by Gasteiger charge is -2.14. The maximum Gasteiger partial charge on any atom is 0.126 e. The van der Waals surface area contributed by atoms with E-state index in [1.807, 2.05) is 25.1 Å². The standard InChI is InChI=1S/C16H17F2NO/c1-10-3-4-12(8-16(10)20-2)15(19)7-11-5-13(17)9-14(18)6-11/h3-6,8-9,15H,7,19H2,1-2H3. The van der Waals surface area contributed by atoms with Crippen LogP contribution in [0.5, 0.6) is 5.75 Å². The number of methoxy groups -OCH3 is 1. The first-order valence-corrected chi connectivity index (χ1v) is 6.34. The molecule has 0 saturated carbocycles. The van der Waals surface area contributed by atoms with Crippen molar-refractivity contribution in [2.45, 2.75) is 19.4 Å². The van der Waals surface area contributed by atoms with Crippen LogP contribution in [0.1, 0.15) is 22.7 Å². The Kier molecular flexibility index (Phi) is 4.35. The molecule has 1 atom stereocenters. The largest absolute Gasteiger partial charge is 0.496 e. The summed E-state index contributed by atoms with van der Waals surface area (Å²) in [5, 5.41) is 0. The van der Waals surface area contributed by atoms with Crippen LogP contribution in [0.4, 0.5) is 8.78 Å². The van der Waals surface area contributed by atoms with Crippen LogP contribution in [0.15, 0.2) is 36.4 Å².